The summed E-state index contributed by atoms with van der Waals surface area (Å²) in [5.41, 5.74) is 7.61. The molecule has 0 aliphatic heterocycles. The number of rotatable bonds is 3. The summed E-state index contributed by atoms with van der Waals surface area (Å²) in [7, 11) is -3.60. The molecule has 0 spiro atoms. The van der Waals surface area contributed by atoms with Crippen LogP contribution in [0, 0.1) is 6.92 Å². The van der Waals surface area contributed by atoms with Crippen molar-refractivity contribution < 1.29 is 8.42 Å². The molecule has 0 fully saturated rings. The fourth-order valence-corrected chi connectivity index (χ4v) is 5.04. The van der Waals surface area contributed by atoms with E-state index in [-0.39, 0.29) is 4.90 Å². The zero-order chi connectivity index (χ0) is 19.3. The average molecular weight is 388 g/mol. The molecule has 0 bridgehead atoms. The van der Waals surface area contributed by atoms with Gasteiger partial charge < -0.3 is 4.98 Å². The van der Waals surface area contributed by atoms with Crippen molar-refractivity contribution in [1.82, 2.24) is 4.98 Å². The van der Waals surface area contributed by atoms with Gasteiger partial charge in [0.1, 0.15) is 0 Å². The third-order valence-electron chi connectivity index (χ3n) is 5.39. The minimum absolute atomic E-state index is 0.273. The minimum Gasteiger partial charge on any atom is -0.358 e. The van der Waals surface area contributed by atoms with E-state index in [1.54, 1.807) is 24.3 Å². The first-order chi connectivity index (χ1) is 13.5. The first-order valence-corrected chi connectivity index (χ1v) is 10.8. The number of anilines is 1. The van der Waals surface area contributed by atoms with E-state index in [0.29, 0.717) is 5.69 Å². The Morgan fingerprint density at radius 1 is 0.929 bits per heavy atom. The lowest BCUT2D eigenvalue weighted by atomic mass is 9.88. The summed E-state index contributed by atoms with van der Waals surface area (Å²) in [6.07, 6.45) is 1.81. The maximum Gasteiger partial charge on any atom is 0.261 e. The number of aromatic nitrogens is 1. The van der Waals surface area contributed by atoms with E-state index < -0.39 is 10.0 Å². The number of para-hydroxylation sites is 1. The molecule has 0 amide bonds. The van der Waals surface area contributed by atoms with Crippen LogP contribution in [-0.2, 0) is 22.9 Å². The SMILES string of the molecule is Cc1ccc(S(=O)(=O)Nc2ccc3c(c2)CCc2[nH]c4ccccc4c2-3)cc1. The van der Waals surface area contributed by atoms with Crippen molar-refractivity contribution in [2.24, 2.45) is 0 Å². The summed E-state index contributed by atoms with van der Waals surface area (Å²) in [6.45, 7) is 1.94. The Hall–Kier alpha value is -3.05. The van der Waals surface area contributed by atoms with Crippen molar-refractivity contribution in [2.75, 3.05) is 4.72 Å². The predicted molar refractivity (Wildman–Crippen MR) is 113 cm³/mol. The summed E-state index contributed by atoms with van der Waals surface area (Å²) >= 11 is 0. The van der Waals surface area contributed by atoms with Crippen molar-refractivity contribution in [3.63, 3.8) is 0 Å². The van der Waals surface area contributed by atoms with Crippen molar-refractivity contribution >= 4 is 26.6 Å². The quantitative estimate of drug-likeness (QED) is 0.516. The first kappa shape index (κ1) is 17.1. The van der Waals surface area contributed by atoms with Gasteiger partial charge in [0.05, 0.1) is 4.90 Å². The lowest BCUT2D eigenvalue weighted by molar-refractivity contribution is 0.601. The van der Waals surface area contributed by atoms with Gasteiger partial charge in [-0.3, -0.25) is 4.72 Å². The molecule has 1 aliphatic rings. The van der Waals surface area contributed by atoms with Crippen LogP contribution in [0.2, 0.25) is 0 Å². The zero-order valence-corrected chi connectivity index (χ0v) is 16.3. The Balaban J connectivity index is 1.53. The van der Waals surface area contributed by atoms with Crippen molar-refractivity contribution in [3.05, 3.63) is 83.6 Å². The highest BCUT2D eigenvalue weighted by atomic mass is 32.2. The predicted octanol–water partition coefficient (Wildman–Crippen LogP) is 5.04. The van der Waals surface area contributed by atoms with Gasteiger partial charge in [-0.25, -0.2) is 8.42 Å². The number of sulfonamides is 1. The fraction of sp³-hybridized carbons (Fsp3) is 0.130. The smallest absolute Gasteiger partial charge is 0.261 e. The second-order valence-electron chi connectivity index (χ2n) is 7.31. The molecule has 0 saturated carbocycles. The van der Waals surface area contributed by atoms with Crippen LogP contribution in [0.1, 0.15) is 16.8 Å². The molecule has 1 aromatic heterocycles. The van der Waals surface area contributed by atoms with E-state index in [0.717, 1.165) is 23.9 Å². The van der Waals surface area contributed by atoms with Crippen LogP contribution >= 0.6 is 0 Å². The third kappa shape index (κ3) is 2.79. The Kier molecular flexibility index (Phi) is 3.81. The molecule has 28 heavy (non-hydrogen) atoms. The van der Waals surface area contributed by atoms with Gasteiger partial charge in [-0.05, 0) is 61.2 Å². The van der Waals surface area contributed by atoms with E-state index in [4.69, 9.17) is 0 Å². The second kappa shape index (κ2) is 6.24. The summed E-state index contributed by atoms with van der Waals surface area (Å²) in [4.78, 5) is 3.80. The molecule has 1 heterocycles. The van der Waals surface area contributed by atoms with Gasteiger partial charge in [0.2, 0.25) is 0 Å². The van der Waals surface area contributed by atoms with Crippen LogP contribution in [0.25, 0.3) is 22.0 Å². The zero-order valence-electron chi connectivity index (χ0n) is 15.5. The second-order valence-corrected chi connectivity index (χ2v) is 9.00. The normalized spacial score (nSPS) is 13.2. The summed E-state index contributed by atoms with van der Waals surface area (Å²) in [5.74, 6) is 0. The molecule has 1 aliphatic carbocycles. The van der Waals surface area contributed by atoms with Gasteiger partial charge >= 0.3 is 0 Å². The van der Waals surface area contributed by atoms with E-state index in [2.05, 4.69) is 27.9 Å². The number of aryl methyl sites for hydroxylation is 3. The lowest BCUT2D eigenvalue weighted by Gasteiger charge is -2.18. The Labute approximate surface area is 164 Å². The van der Waals surface area contributed by atoms with Gasteiger partial charge in [0.15, 0.2) is 0 Å². The number of H-pyrrole nitrogens is 1. The number of fused-ring (bicyclic) bond motifs is 5. The molecule has 0 unspecified atom stereocenters. The number of benzene rings is 3. The van der Waals surface area contributed by atoms with Gasteiger partial charge in [-0.1, -0.05) is 42.0 Å². The molecule has 5 heteroatoms. The molecule has 0 atom stereocenters. The van der Waals surface area contributed by atoms with Gasteiger partial charge in [0, 0.05) is 27.8 Å². The molecular formula is C23H20N2O2S. The number of aromatic amines is 1. The number of hydrogen-bond donors (Lipinski definition) is 2. The van der Waals surface area contributed by atoms with Crippen molar-refractivity contribution in [1.29, 1.82) is 0 Å². The Morgan fingerprint density at radius 3 is 2.54 bits per heavy atom. The lowest BCUT2D eigenvalue weighted by Crippen LogP contribution is -2.13. The molecule has 140 valence electrons. The Bertz CT molecular complexity index is 1300. The van der Waals surface area contributed by atoms with Gasteiger partial charge in [0.25, 0.3) is 10.0 Å². The molecule has 4 nitrogen and oxygen atoms in total. The van der Waals surface area contributed by atoms with Crippen LogP contribution in [0.15, 0.2) is 71.6 Å². The maximum atomic E-state index is 12.7. The highest BCUT2D eigenvalue weighted by Crippen LogP contribution is 2.40. The molecule has 3 aromatic carbocycles. The average Bonchev–Trinajstić information content (AvgIpc) is 3.07. The van der Waals surface area contributed by atoms with Gasteiger partial charge in [-0.2, -0.15) is 0 Å². The van der Waals surface area contributed by atoms with Crippen LogP contribution < -0.4 is 4.72 Å². The molecule has 5 rings (SSSR count). The molecular weight excluding hydrogens is 368 g/mol. The highest BCUT2D eigenvalue weighted by Gasteiger charge is 2.22. The van der Waals surface area contributed by atoms with Crippen LogP contribution in [-0.4, -0.2) is 13.4 Å². The van der Waals surface area contributed by atoms with E-state index in [1.165, 1.54) is 27.8 Å². The molecule has 0 saturated heterocycles. The van der Waals surface area contributed by atoms with E-state index >= 15 is 0 Å². The van der Waals surface area contributed by atoms with E-state index in [9.17, 15) is 8.42 Å². The molecule has 0 radical (unpaired) electrons. The summed E-state index contributed by atoms with van der Waals surface area (Å²) in [5, 5.41) is 1.21. The number of nitrogens with one attached hydrogen (secondary N) is 2. The van der Waals surface area contributed by atoms with E-state index in [1.807, 2.05) is 31.2 Å². The van der Waals surface area contributed by atoms with Crippen LogP contribution in [0.5, 0.6) is 0 Å². The summed E-state index contributed by atoms with van der Waals surface area (Å²) < 4.78 is 28.1. The van der Waals surface area contributed by atoms with Crippen LogP contribution in [0.3, 0.4) is 0 Å². The third-order valence-corrected chi connectivity index (χ3v) is 6.78. The largest absolute Gasteiger partial charge is 0.358 e. The fourth-order valence-electron chi connectivity index (χ4n) is 3.99. The van der Waals surface area contributed by atoms with Crippen LogP contribution in [0.4, 0.5) is 5.69 Å². The number of hydrogen-bond acceptors (Lipinski definition) is 2. The first-order valence-electron chi connectivity index (χ1n) is 9.34. The summed E-state index contributed by atoms with van der Waals surface area (Å²) in [6, 6.07) is 21.0. The van der Waals surface area contributed by atoms with Crippen molar-refractivity contribution in [2.45, 2.75) is 24.7 Å². The minimum atomic E-state index is -3.60. The Morgan fingerprint density at radius 2 is 1.71 bits per heavy atom. The monoisotopic (exact) mass is 388 g/mol. The maximum absolute atomic E-state index is 12.7. The highest BCUT2D eigenvalue weighted by molar-refractivity contribution is 7.92. The standard InChI is InChI=1S/C23H20N2O2S/c1-15-6-10-18(11-7-15)28(26,27)25-17-9-12-19-16(14-17)8-13-22-23(19)20-4-2-3-5-21(20)24-22/h2-7,9-12,14,24-25H,8,13H2,1H3. The van der Waals surface area contributed by atoms with Crippen molar-refractivity contribution in [3.8, 4) is 11.1 Å². The molecule has 4 aromatic rings. The molecule has 2 N–H and O–H groups in total. The van der Waals surface area contributed by atoms with Gasteiger partial charge in [-0.15, -0.1) is 0 Å². The topological polar surface area (TPSA) is 62.0 Å².